The van der Waals surface area contributed by atoms with Gasteiger partial charge in [0.05, 0.1) is 12.2 Å². The highest BCUT2D eigenvalue weighted by Crippen LogP contribution is 2.23. The highest BCUT2D eigenvalue weighted by molar-refractivity contribution is 4.98. The van der Waals surface area contributed by atoms with Crippen molar-refractivity contribution in [2.75, 3.05) is 6.54 Å². The average molecular weight is 265 g/mol. The molecule has 0 spiro atoms. The number of ether oxygens (including phenoxy) is 1. The molecular weight excluding hydrogens is 238 g/mol. The van der Waals surface area contributed by atoms with Crippen LogP contribution in [0.15, 0.2) is 12.4 Å². The van der Waals surface area contributed by atoms with Crippen molar-refractivity contribution in [3.8, 4) is 0 Å². The molecule has 0 bridgehead atoms. The number of nitrogens with one attached hydrogen (secondary N) is 1. The molecule has 0 aromatic carbocycles. The molecule has 2 rings (SSSR count). The van der Waals surface area contributed by atoms with Crippen LogP contribution in [-0.4, -0.2) is 34.3 Å². The molecule has 1 aromatic rings. The lowest BCUT2D eigenvalue weighted by atomic mass is 10.0. The Balaban J connectivity index is 2.01. The minimum atomic E-state index is 0.335. The van der Waals surface area contributed by atoms with Crippen LogP contribution in [0.1, 0.15) is 45.9 Å². The summed E-state index contributed by atoms with van der Waals surface area (Å²) in [4.78, 5) is 4.51. The molecule has 108 valence electrons. The smallest absolute Gasteiger partial charge is 0.110 e. The molecule has 19 heavy (non-hydrogen) atoms. The summed E-state index contributed by atoms with van der Waals surface area (Å²) in [5.74, 6) is 1.18. The summed E-state index contributed by atoms with van der Waals surface area (Å²) in [6, 6.07) is 0.382. The fourth-order valence-corrected chi connectivity index (χ4v) is 2.90. The Morgan fingerprint density at radius 2 is 2.32 bits per heavy atom. The van der Waals surface area contributed by atoms with E-state index in [4.69, 9.17) is 4.74 Å². The maximum absolute atomic E-state index is 6.03. The van der Waals surface area contributed by atoms with E-state index < -0.39 is 0 Å². The zero-order valence-electron chi connectivity index (χ0n) is 12.4. The second kappa shape index (κ2) is 7.06. The molecule has 1 fully saturated rings. The van der Waals surface area contributed by atoms with Crippen LogP contribution in [0.25, 0.3) is 0 Å². The number of likely N-dealkylation sites (N-methyl/N-ethyl adjacent to an activating group) is 1. The Morgan fingerprint density at radius 1 is 1.47 bits per heavy atom. The molecule has 1 aliphatic heterocycles. The van der Waals surface area contributed by atoms with Crippen LogP contribution in [0, 0.1) is 0 Å². The first-order valence-electron chi connectivity index (χ1n) is 7.63. The van der Waals surface area contributed by atoms with Gasteiger partial charge in [0, 0.05) is 31.4 Å². The first-order valence-corrected chi connectivity index (χ1v) is 7.63. The number of aryl methyl sites for hydroxylation is 1. The minimum absolute atomic E-state index is 0.335. The van der Waals surface area contributed by atoms with E-state index in [0.29, 0.717) is 18.2 Å². The predicted molar refractivity (Wildman–Crippen MR) is 77.3 cm³/mol. The summed E-state index contributed by atoms with van der Waals surface area (Å²) in [5.41, 5.74) is 0. The van der Waals surface area contributed by atoms with Gasteiger partial charge in [0.15, 0.2) is 0 Å². The quantitative estimate of drug-likeness (QED) is 0.822. The van der Waals surface area contributed by atoms with Crippen LogP contribution in [0.2, 0.25) is 0 Å². The Hall–Kier alpha value is -0.870. The summed E-state index contributed by atoms with van der Waals surface area (Å²) >= 11 is 0. The lowest BCUT2D eigenvalue weighted by Gasteiger charge is -2.24. The van der Waals surface area contributed by atoms with Crippen LogP contribution in [0.5, 0.6) is 0 Å². The van der Waals surface area contributed by atoms with Crippen molar-refractivity contribution in [2.45, 2.75) is 71.2 Å². The predicted octanol–water partition coefficient (Wildman–Crippen LogP) is 2.38. The highest BCUT2D eigenvalue weighted by Gasteiger charge is 2.30. The van der Waals surface area contributed by atoms with Gasteiger partial charge in [-0.3, -0.25) is 0 Å². The van der Waals surface area contributed by atoms with Gasteiger partial charge in [-0.15, -0.1) is 0 Å². The van der Waals surface area contributed by atoms with E-state index in [0.717, 1.165) is 32.4 Å². The van der Waals surface area contributed by atoms with E-state index in [2.05, 4.69) is 41.8 Å². The van der Waals surface area contributed by atoms with Gasteiger partial charge >= 0.3 is 0 Å². The van der Waals surface area contributed by atoms with E-state index in [-0.39, 0.29) is 0 Å². The number of rotatable bonds is 7. The van der Waals surface area contributed by atoms with Crippen LogP contribution in [0.4, 0.5) is 0 Å². The van der Waals surface area contributed by atoms with Crippen LogP contribution in [0.3, 0.4) is 0 Å². The maximum Gasteiger partial charge on any atom is 0.110 e. The van der Waals surface area contributed by atoms with Crippen molar-refractivity contribution in [1.82, 2.24) is 14.9 Å². The molecule has 1 aromatic heterocycles. The van der Waals surface area contributed by atoms with Crippen LogP contribution in [-0.2, 0) is 17.7 Å². The summed E-state index contributed by atoms with van der Waals surface area (Å²) < 4.78 is 8.29. The second-order valence-electron chi connectivity index (χ2n) is 5.47. The molecule has 4 nitrogen and oxygen atoms in total. The van der Waals surface area contributed by atoms with Crippen molar-refractivity contribution in [1.29, 1.82) is 0 Å². The number of nitrogens with zero attached hydrogens (tertiary/aromatic N) is 2. The Kier molecular flexibility index (Phi) is 5.40. The molecule has 1 saturated heterocycles. The molecule has 0 radical (unpaired) electrons. The van der Waals surface area contributed by atoms with E-state index >= 15 is 0 Å². The van der Waals surface area contributed by atoms with Gasteiger partial charge in [-0.05, 0) is 32.7 Å². The summed E-state index contributed by atoms with van der Waals surface area (Å²) in [7, 11) is 0. The largest absolute Gasteiger partial charge is 0.374 e. The molecular formula is C15H27N3O. The second-order valence-corrected chi connectivity index (χ2v) is 5.47. The van der Waals surface area contributed by atoms with Gasteiger partial charge < -0.3 is 14.6 Å². The third kappa shape index (κ3) is 3.80. The summed E-state index contributed by atoms with van der Waals surface area (Å²) in [5, 5.41) is 3.57. The third-order valence-electron chi connectivity index (χ3n) is 3.85. The molecule has 4 heteroatoms. The Labute approximate surface area is 116 Å². The van der Waals surface area contributed by atoms with Gasteiger partial charge in [-0.25, -0.2) is 4.98 Å². The topological polar surface area (TPSA) is 39.1 Å². The van der Waals surface area contributed by atoms with Gasteiger partial charge in [-0.1, -0.05) is 13.8 Å². The highest BCUT2D eigenvalue weighted by atomic mass is 16.5. The SMILES string of the molecule is CCCn1ccnc1CC(NCC)C1CCC(C)O1. The molecule has 0 aliphatic carbocycles. The van der Waals surface area contributed by atoms with E-state index in [1.54, 1.807) is 0 Å². The number of hydrogen-bond donors (Lipinski definition) is 1. The van der Waals surface area contributed by atoms with Gasteiger partial charge in [0.1, 0.15) is 5.82 Å². The maximum atomic E-state index is 6.03. The lowest BCUT2D eigenvalue weighted by molar-refractivity contribution is 0.0318. The van der Waals surface area contributed by atoms with Crippen molar-refractivity contribution in [2.24, 2.45) is 0 Å². The van der Waals surface area contributed by atoms with Gasteiger partial charge in [0.25, 0.3) is 0 Å². The molecule has 0 amide bonds. The Bertz CT molecular complexity index is 377. The zero-order chi connectivity index (χ0) is 13.7. The molecule has 3 atom stereocenters. The molecule has 2 heterocycles. The van der Waals surface area contributed by atoms with Crippen molar-refractivity contribution >= 4 is 0 Å². The standard InChI is InChI=1S/C15H27N3O/c1-4-9-18-10-8-17-15(18)11-13(16-5-2)14-7-6-12(3)19-14/h8,10,12-14,16H,4-7,9,11H2,1-3H3. The van der Waals surface area contributed by atoms with Crippen molar-refractivity contribution < 1.29 is 4.74 Å². The summed E-state index contributed by atoms with van der Waals surface area (Å²) in [6.45, 7) is 8.56. The third-order valence-corrected chi connectivity index (χ3v) is 3.85. The first-order chi connectivity index (χ1) is 9.24. The van der Waals surface area contributed by atoms with E-state index in [1.165, 1.54) is 12.2 Å². The number of hydrogen-bond acceptors (Lipinski definition) is 3. The Morgan fingerprint density at radius 3 is 2.95 bits per heavy atom. The van der Waals surface area contributed by atoms with Crippen LogP contribution < -0.4 is 5.32 Å². The molecule has 3 unspecified atom stereocenters. The van der Waals surface area contributed by atoms with Crippen LogP contribution >= 0.6 is 0 Å². The molecule has 0 saturated carbocycles. The first kappa shape index (κ1) is 14.5. The average Bonchev–Trinajstić information content (AvgIpc) is 2.99. The lowest BCUT2D eigenvalue weighted by Crippen LogP contribution is -2.42. The monoisotopic (exact) mass is 265 g/mol. The normalized spacial score (nSPS) is 24.8. The van der Waals surface area contributed by atoms with Crippen molar-refractivity contribution in [3.05, 3.63) is 18.2 Å². The minimum Gasteiger partial charge on any atom is -0.374 e. The number of aromatic nitrogens is 2. The van der Waals surface area contributed by atoms with E-state index in [9.17, 15) is 0 Å². The fourth-order valence-electron chi connectivity index (χ4n) is 2.90. The zero-order valence-corrected chi connectivity index (χ0v) is 12.4. The molecule has 1 N–H and O–H groups in total. The summed E-state index contributed by atoms with van der Waals surface area (Å²) in [6.07, 6.45) is 9.17. The number of imidazole rings is 1. The fraction of sp³-hybridized carbons (Fsp3) is 0.800. The molecule has 1 aliphatic rings. The van der Waals surface area contributed by atoms with Gasteiger partial charge in [-0.2, -0.15) is 0 Å². The van der Waals surface area contributed by atoms with E-state index in [1.807, 2.05) is 6.20 Å². The van der Waals surface area contributed by atoms with Gasteiger partial charge in [0.2, 0.25) is 0 Å². The van der Waals surface area contributed by atoms with Crippen molar-refractivity contribution in [3.63, 3.8) is 0 Å².